The Kier molecular flexibility index (Phi) is 3.28. The van der Waals surface area contributed by atoms with Crippen molar-refractivity contribution in [3.8, 4) is 0 Å². The molecule has 1 rings (SSSR count). The summed E-state index contributed by atoms with van der Waals surface area (Å²) in [6.07, 6.45) is 0. The number of nitrogens with zero attached hydrogens (tertiary/aromatic N) is 2. The Morgan fingerprint density at radius 3 is 1.92 bits per heavy atom. The molecule has 0 bridgehead atoms. The highest BCUT2D eigenvalue weighted by Gasteiger charge is 2.25. The third-order valence-electron chi connectivity index (χ3n) is 2.33. The van der Waals surface area contributed by atoms with Crippen LogP contribution in [0.25, 0.3) is 0 Å². The SMILES string of the molecule is CC(C)N1CCN(S(=O)(=O)O)CC1. The first kappa shape index (κ1) is 10.9. The summed E-state index contributed by atoms with van der Waals surface area (Å²) >= 11 is 0. The van der Waals surface area contributed by atoms with E-state index in [-0.39, 0.29) is 0 Å². The van der Waals surface area contributed by atoms with Crippen LogP contribution in [0.3, 0.4) is 0 Å². The molecule has 0 aromatic carbocycles. The molecule has 78 valence electrons. The standard InChI is InChI=1S/C7H16N2O3S/c1-7(2)8-3-5-9(6-4-8)13(10,11)12/h7H,3-6H2,1-2H3,(H,10,11,12). The maximum Gasteiger partial charge on any atom is 0.335 e. The quantitative estimate of drug-likeness (QED) is 0.639. The lowest BCUT2D eigenvalue weighted by Gasteiger charge is -2.34. The van der Waals surface area contributed by atoms with Gasteiger partial charge in [0.25, 0.3) is 0 Å². The van der Waals surface area contributed by atoms with Crippen molar-refractivity contribution in [2.45, 2.75) is 19.9 Å². The smallest absolute Gasteiger partial charge is 0.298 e. The van der Waals surface area contributed by atoms with E-state index in [4.69, 9.17) is 4.55 Å². The summed E-state index contributed by atoms with van der Waals surface area (Å²) in [6.45, 7) is 6.30. The largest absolute Gasteiger partial charge is 0.335 e. The molecular formula is C7H16N2O3S. The van der Waals surface area contributed by atoms with Crippen LogP contribution in [0.1, 0.15) is 13.8 Å². The fourth-order valence-electron chi connectivity index (χ4n) is 1.45. The summed E-state index contributed by atoms with van der Waals surface area (Å²) in [4.78, 5) is 2.18. The van der Waals surface area contributed by atoms with Gasteiger partial charge in [-0.2, -0.15) is 12.7 Å². The molecule has 1 saturated heterocycles. The number of hydrogen-bond donors (Lipinski definition) is 1. The van der Waals surface area contributed by atoms with E-state index in [2.05, 4.69) is 18.7 Å². The van der Waals surface area contributed by atoms with E-state index in [1.54, 1.807) is 0 Å². The Morgan fingerprint density at radius 2 is 1.62 bits per heavy atom. The summed E-state index contributed by atoms with van der Waals surface area (Å²) in [5.74, 6) is 0. The van der Waals surface area contributed by atoms with Gasteiger partial charge < -0.3 is 0 Å². The van der Waals surface area contributed by atoms with Gasteiger partial charge in [-0.25, -0.2) is 0 Å². The molecule has 0 atom stereocenters. The van der Waals surface area contributed by atoms with Crippen LogP contribution in [0.15, 0.2) is 0 Å². The topological polar surface area (TPSA) is 60.9 Å². The van der Waals surface area contributed by atoms with Crippen LogP contribution in [0.4, 0.5) is 0 Å². The molecule has 1 aliphatic heterocycles. The second kappa shape index (κ2) is 3.91. The molecule has 0 radical (unpaired) electrons. The van der Waals surface area contributed by atoms with E-state index < -0.39 is 10.3 Å². The van der Waals surface area contributed by atoms with Crippen LogP contribution < -0.4 is 0 Å². The molecule has 0 aliphatic carbocycles. The van der Waals surface area contributed by atoms with Crippen LogP contribution >= 0.6 is 0 Å². The van der Waals surface area contributed by atoms with Gasteiger partial charge in [0.1, 0.15) is 0 Å². The zero-order valence-corrected chi connectivity index (χ0v) is 8.79. The maximum absolute atomic E-state index is 10.7. The first-order chi connectivity index (χ1) is 5.91. The highest BCUT2D eigenvalue weighted by atomic mass is 32.2. The average molecular weight is 208 g/mol. The Morgan fingerprint density at radius 1 is 1.15 bits per heavy atom. The van der Waals surface area contributed by atoms with E-state index in [0.717, 1.165) is 4.31 Å². The minimum Gasteiger partial charge on any atom is -0.298 e. The van der Waals surface area contributed by atoms with E-state index in [9.17, 15) is 8.42 Å². The summed E-state index contributed by atoms with van der Waals surface area (Å²) in [5, 5.41) is 0. The molecule has 5 nitrogen and oxygen atoms in total. The van der Waals surface area contributed by atoms with Gasteiger partial charge in [0.15, 0.2) is 0 Å². The lowest BCUT2D eigenvalue weighted by molar-refractivity contribution is 0.148. The third-order valence-corrected chi connectivity index (χ3v) is 3.35. The molecule has 6 heteroatoms. The van der Waals surface area contributed by atoms with Gasteiger partial charge in [0.2, 0.25) is 0 Å². The van der Waals surface area contributed by atoms with Crippen molar-refractivity contribution in [1.82, 2.24) is 9.21 Å². The second-order valence-corrected chi connectivity index (χ2v) is 4.92. The summed E-state index contributed by atoms with van der Waals surface area (Å²) in [7, 11) is -3.97. The van der Waals surface area contributed by atoms with Crippen LogP contribution in [-0.4, -0.2) is 54.4 Å². The minimum absolute atomic E-state index is 0.386. The predicted octanol–water partition coefficient (Wildman–Crippen LogP) is -0.185. The zero-order valence-electron chi connectivity index (χ0n) is 7.97. The van der Waals surface area contributed by atoms with Gasteiger partial charge in [-0.1, -0.05) is 0 Å². The molecule has 1 aliphatic rings. The molecule has 13 heavy (non-hydrogen) atoms. The van der Waals surface area contributed by atoms with Gasteiger partial charge in [-0.3, -0.25) is 9.45 Å². The lowest BCUT2D eigenvalue weighted by Crippen LogP contribution is -2.50. The van der Waals surface area contributed by atoms with Crippen molar-refractivity contribution in [2.75, 3.05) is 26.2 Å². The van der Waals surface area contributed by atoms with Crippen LogP contribution in [0, 0.1) is 0 Å². The summed E-state index contributed by atoms with van der Waals surface area (Å²) in [6, 6.07) is 0.434. The molecule has 1 N–H and O–H groups in total. The minimum atomic E-state index is -3.97. The molecule has 1 fully saturated rings. The molecule has 1 heterocycles. The number of hydrogen-bond acceptors (Lipinski definition) is 3. The first-order valence-corrected chi connectivity index (χ1v) is 5.77. The Labute approximate surface area is 79.2 Å². The molecule has 0 unspecified atom stereocenters. The Balaban J connectivity index is 2.49. The molecule has 0 saturated carbocycles. The van der Waals surface area contributed by atoms with Crippen LogP contribution in [0.2, 0.25) is 0 Å². The van der Waals surface area contributed by atoms with E-state index in [1.165, 1.54) is 0 Å². The zero-order chi connectivity index (χ0) is 10.1. The predicted molar refractivity (Wildman–Crippen MR) is 49.8 cm³/mol. The van der Waals surface area contributed by atoms with Gasteiger partial charge in [0.05, 0.1) is 0 Å². The monoisotopic (exact) mass is 208 g/mol. The average Bonchev–Trinajstić information content (AvgIpc) is 2.03. The van der Waals surface area contributed by atoms with Gasteiger partial charge >= 0.3 is 10.3 Å². The number of piperazine rings is 1. The lowest BCUT2D eigenvalue weighted by atomic mass is 10.3. The summed E-state index contributed by atoms with van der Waals surface area (Å²) in [5.41, 5.74) is 0. The molecular weight excluding hydrogens is 192 g/mol. The Bertz CT molecular complexity index is 255. The third kappa shape index (κ3) is 2.91. The first-order valence-electron chi connectivity index (χ1n) is 4.38. The van der Waals surface area contributed by atoms with Crippen LogP contribution in [0.5, 0.6) is 0 Å². The molecule has 0 aromatic rings. The highest BCUT2D eigenvalue weighted by Crippen LogP contribution is 2.08. The second-order valence-electron chi connectivity index (χ2n) is 3.51. The van der Waals surface area contributed by atoms with E-state index >= 15 is 0 Å². The van der Waals surface area contributed by atoms with Gasteiger partial charge in [-0.15, -0.1) is 0 Å². The van der Waals surface area contributed by atoms with Crippen molar-refractivity contribution in [3.05, 3.63) is 0 Å². The highest BCUT2D eigenvalue weighted by molar-refractivity contribution is 7.83. The van der Waals surface area contributed by atoms with Gasteiger partial charge in [0, 0.05) is 32.2 Å². The molecule has 0 amide bonds. The number of rotatable bonds is 2. The van der Waals surface area contributed by atoms with Crippen molar-refractivity contribution >= 4 is 10.3 Å². The van der Waals surface area contributed by atoms with E-state index in [0.29, 0.717) is 32.2 Å². The van der Waals surface area contributed by atoms with Crippen molar-refractivity contribution in [1.29, 1.82) is 0 Å². The van der Waals surface area contributed by atoms with Crippen molar-refractivity contribution < 1.29 is 13.0 Å². The molecule has 0 spiro atoms. The fraction of sp³-hybridized carbons (Fsp3) is 1.00. The summed E-state index contributed by atoms with van der Waals surface area (Å²) < 4.78 is 31.3. The normalized spacial score (nSPS) is 22.5. The maximum atomic E-state index is 10.7. The Hall–Kier alpha value is -0.170. The van der Waals surface area contributed by atoms with Crippen LogP contribution in [-0.2, 0) is 10.3 Å². The van der Waals surface area contributed by atoms with Crippen molar-refractivity contribution in [3.63, 3.8) is 0 Å². The fourth-order valence-corrected chi connectivity index (χ4v) is 2.08. The van der Waals surface area contributed by atoms with Gasteiger partial charge in [-0.05, 0) is 13.8 Å². The van der Waals surface area contributed by atoms with Crippen molar-refractivity contribution in [2.24, 2.45) is 0 Å². The molecule has 0 aromatic heterocycles. The van der Waals surface area contributed by atoms with E-state index in [1.807, 2.05) is 0 Å².